The Bertz CT molecular complexity index is 694. The van der Waals surface area contributed by atoms with Crippen LogP contribution in [0.15, 0.2) is 24.3 Å². The highest BCUT2D eigenvalue weighted by molar-refractivity contribution is 7.15. The van der Waals surface area contributed by atoms with Crippen molar-refractivity contribution >= 4 is 11.3 Å². The van der Waals surface area contributed by atoms with Gasteiger partial charge in [-0.25, -0.2) is 9.37 Å². The number of benzene rings is 1. The molecule has 5 heteroatoms. The number of nitrogens with zero attached hydrogens (tertiary/aromatic N) is 1. The van der Waals surface area contributed by atoms with Gasteiger partial charge < -0.3 is 10.4 Å². The van der Waals surface area contributed by atoms with E-state index in [1.54, 1.807) is 23.5 Å². The summed E-state index contributed by atoms with van der Waals surface area (Å²) in [6.45, 7) is 1.17. The van der Waals surface area contributed by atoms with Crippen LogP contribution in [0.1, 0.15) is 42.3 Å². The van der Waals surface area contributed by atoms with Crippen molar-refractivity contribution in [2.75, 3.05) is 13.2 Å². The van der Waals surface area contributed by atoms with E-state index in [9.17, 15) is 9.50 Å². The highest BCUT2D eigenvalue weighted by Gasteiger charge is 2.42. The van der Waals surface area contributed by atoms with Gasteiger partial charge >= 0.3 is 0 Å². The SMILES string of the molecule is OCC1(CNC2CCCc3nc(-c4ccc(F)cc4)sc32)CC1. The maximum atomic E-state index is 13.1. The third-order valence-electron chi connectivity index (χ3n) is 5.06. The van der Waals surface area contributed by atoms with Gasteiger partial charge in [-0.3, -0.25) is 0 Å². The molecule has 1 aromatic carbocycles. The fourth-order valence-corrected chi connectivity index (χ4v) is 4.46. The number of fused-ring (bicyclic) bond motifs is 1. The van der Waals surface area contributed by atoms with Crippen molar-refractivity contribution in [1.82, 2.24) is 10.3 Å². The number of hydrogen-bond donors (Lipinski definition) is 2. The molecular weight excluding hydrogens is 311 g/mol. The molecule has 0 amide bonds. The van der Waals surface area contributed by atoms with Crippen LogP contribution in [0.5, 0.6) is 0 Å². The Morgan fingerprint density at radius 3 is 2.78 bits per heavy atom. The summed E-state index contributed by atoms with van der Waals surface area (Å²) in [6.07, 6.45) is 5.54. The Hall–Kier alpha value is -1.30. The summed E-state index contributed by atoms with van der Waals surface area (Å²) in [5, 5.41) is 14.1. The van der Waals surface area contributed by atoms with Crippen LogP contribution in [0.4, 0.5) is 4.39 Å². The third kappa shape index (κ3) is 3.05. The molecule has 1 unspecified atom stereocenters. The monoisotopic (exact) mass is 332 g/mol. The molecule has 23 heavy (non-hydrogen) atoms. The van der Waals surface area contributed by atoms with Crippen LogP contribution >= 0.6 is 11.3 Å². The molecule has 1 aromatic heterocycles. The lowest BCUT2D eigenvalue weighted by molar-refractivity contribution is 0.202. The molecule has 3 nitrogen and oxygen atoms in total. The van der Waals surface area contributed by atoms with Gasteiger partial charge in [-0.05, 0) is 56.4 Å². The quantitative estimate of drug-likeness (QED) is 0.878. The Morgan fingerprint density at radius 2 is 2.09 bits per heavy atom. The molecule has 1 saturated carbocycles. The summed E-state index contributed by atoms with van der Waals surface area (Å²) in [6, 6.07) is 6.92. The molecule has 4 rings (SSSR count). The Balaban J connectivity index is 1.54. The fraction of sp³-hybridized carbons (Fsp3) is 0.500. The number of thiazole rings is 1. The molecule has 0 saturated heterocycles. The van der Waals surface area contributed by atoms with Crippen molar-refractivity contribution in [3.05, 3.63) is 40.7 Å². The number of aliphatic hydroxyl groups excluding tert-OH is 1. The predicted molar refractivity (Wildman–Crippen MR) is 89.9 cm³/mol. The van der Waals surface area contributed by atoms with Gasteiger partial charge in [0.1, 0.15) is 10.8 Å². The Kier molecular flexibility index (Phi) is 3.95. The molecule has 2 N–H and O–H groups in total. The average Bonchev–Trinajstić information content (AvgIpc) is 3.23. The van der Waals surface area contributed by atoms with Crippen molar-refractivity contribution in [2.24, 2.45) is 5.41 Å². The molecule has 2 aliphatic carbocycles. The maximum absolute atomic E-state index is 13.1. The van der Waals surface area contributed by atoms with Crippen molar-refractivity contribution < 1.29 is 9.50 Å². The first-order valence-electron chi connectivity index (χ1n) is 8.29. The molecule has 2 aliphatic rings. The van der Waals surface area contributed by atoms with E-state index < -0.39 is 0 Å². The molecule has 122 valence electrons. The van der Waals surface area contributed by atoms with E-state index in [2.05, 4.69) is 5.32 Å². The smallest absolute Gasteiger partial charge is 0.123 e. The highest BCUT2D eigenvalue weighted by Crippen LogP contribution is 2.45. The Labute approximate surface area is 139 Å². The van der Waals surface area contributed by atoms with Gasteiger partial charge in [-0.2, -0.15) is 0 Å². The predicted octanol–water partition coefficient (Wildman–Crippen LogP) is 3.69. The first kappa shape index (κ1) is 15.2. The van der Waals surface area contributed by atoms with Gasteiger partial charge in [0.25, 0.3) is 0 Å². The zero-order valence-corrected chi connectivity index (χ0v) is 13.8. The zero-order valence-electron chi connectivity index (χ0n) is 13.0. The first-order chi connectivity index (χ1) is 11.2. The molecule has 0 spiro atoms. The standard InChI is InChI=1S/C18H21FN2OS/c19-13-6-4-12(5-7-13)17-21-15-3-1-2-14(16(15)23-17)20-10-18(11-22)8-9-18/h4-7,14,20,22H,1-3,8-11H2. The summed E-state index contributed by atoms with van der Waals surface area (Å²) in [5.41, 5.74) is 2.30. The number of nitrogens with one attached hydrogen (secondary N) is 1. The van der Waals surface area contributed by atoms with Crippen LogP contribution in [0, 0.1) is 11.2 Å². The van der Waals surface area contributed by atoms with Gasteiger partial charge in [0.05, 0.1) is 5.69 Å². The summed E-state index contributed by atoms with van der Waals surface area (Å²) in [4.78, 5) is 6.11. The second-order valence-electron chi connectivity index (χ2n) is 6.82. The van der Waals surface area contributed by atoms with E-state index in [4.69, 9.17) is 4.98 Å². The minimum atomic E-state index is -0.214. The van der Waals surface area contributed by atoms with E-state index >= 15 is 0 Å². The molecule has 1 atom stereocenters. The minimum absolute atomic E-state index is 0.127. The summed E-state index contributed by atoms with van der Waals surface area (Å²) >= 11 is 1.72. The summed E-state index contributed by atoms with van der Waals surface area (Å²) in [7, 11) is 0. The molecule has 0 aliphatic heterocycles. The number of halogens is 1. The van der Waals surface area contributed by atoms with Crippen molar-refractivity contribution in [1.29, 1.82) is 0 Å². The summed E-state index contributed by atoms with van der Waals surface area (Å²) < 4.78 is 13.1. The maximum Gasteiger partial charge on any atom is 0.123 e. The topological polar surface area (TPSA) is 45.1 Å². The van der Waals surface area contributed by atoms with Crippen LogP contribution in [-0.2, 0) is 6.42 Å². The zero-order chi connectivity index (χ0) is 15.9. The van der Waals surface area contributed by atoms with E-state index in [1.807, 2.05) is 0 Å². The molecule has 1 fully saturated rings. The second-order valence-corrected chi connectivity index (χ2v) is 7.85. The largest absolute Gasteiger partial charge is 0.396 e. The fourth-order valence-electron chi connectivity index (χ4n) is 3.24. The van der Waals surface area contributed by atoms with Gasteiger partial charge in [0.15, 0.2) is 0 Å². The van der Waals surface area contributed by atoms with Crippen LogP contribution in [-0.4, -0.2) is 23.2 Å². The van der Waals surface area contributed by atoms with Crippen molar-refractivity contribution in [2.45, 2.75) is 38.1 Å². The van der Waals surface area contributed by atoms with Gasteiger partial charge in [-0.15, -0.1) is 11.3 Å². The highest BCUT2D eigenvalue weighted by atomic mass is 32.1. The molecule has 1 heterocycles. The van der Waals surface area contributed by atoms with E-state index in [0.717, 1.165) is 49.2 Å². The van der Waals surface area contributed by atoms with E-state index in [1.165, 1.54) is 22.7 Å². The molecule has 0 radical (unpaired) electrons. The second kappa shape index (κ2) is 5.96. The van der Waals surface area contributed by atoms with Crippen molar-refractivity contribution in [3.8, 4) is 10.6 Å². The van der Waals surface area contributed by atoms with Crippen LogP contribution < -0.4 is 5.32 Å². The summed E-state index contributed by atoms with van der Waals surface area (Å²) in [5.74, 6) is -0.214. The van der Waals surface area contributed by atoms with Crippen molar-refractivity contribution in [3.63, 3.8) is 0 Å². The van der Waals surface area contributed by atoms with Crippen LogP contribution in [0.2, 0.25) is 0 Å². The van der Waals surface area contributed by atoms with Crippen LogP contribution in [0.3, 0.4) is 0 Å². The van der Waals surface area contributed by atoms with Gasteiger partial charge in [-0.1, -0.05) is 0 Å². The van der Waals surface area contributed by atoms with Gasteiger partial charge in [0.2, 0.25) is 0 Å². The lowest BCUT2D eigenvalue weighted by Gasteiger charge is -2.24. The molecular formula is C18H21FN2OS. The number of rotatable bonds is 5. The number of aliphatic hydroxyl groups is 1. The van der Waals surface area contributed by atoms with E-state index in [-0.39, 0.29) is 17.8 Å². The first-order valence-corrected chi connectivity index (χ1v) is 9.11. The van der Waals surface area contributed by atoms with E-state index in [0.29, 0.717) is 6.04 Å². The minimum Gasteiger partial charge on any atom is -0.396 e. The lowest BCUT2D eigenvalue weighted by atomic mass is 9.97. The third-order valence-corrected chi connectivity index (χ3v) is 6.32. The molecule has 2 aromatic rings. The Morgan fingerprint density at radius 1 is 1.30 bits per heavy atom. The van der Waals surface area contributed by atoms with Gasteiger partial charge in [0, 0.05) is 35.0 Å². The number of aryl methyl sites for hydroxylation is 1. The number of hydrogen-bond acceptors (Lipinski definition) is 4. The lowest BCUT2D eigenvalue weighted by Crippen LogP contribution is -2.31. The molecule has 0 bridgehead atoms. The average molecular weight is 332 g/mol. The number of aromatic nitrogens is 1. The normalized spacial score (nSPS) is 21.9. The van der Waals surface area contributed by atoms with Crippen LogP contribution in [0.25, 0.3) is 10.6 Å².